The minimum absolute atomic E-state index is 0.0626. The maximum absolute atomic E-state index is 15.8. The van der Waals surface area contributed by atoms with Gasteiger partial charge < -0.3 is 10.6 Å². The topological polar surface area (TPSA) is 115 Å². The van der Waals surface area contributed by atoms with Crippen LogP contribution in [0.1, 0.15) is 69.0 Å². The molecule has 0 aliphatic heterocycles. The fourth-order valence-electron chi connectivity index (χ4n) is 4.47. The number of nitriles is 2. The molecule has 1 atom stereocenters. The second-order valence-corrected chi connectivity index (χ2v) is 11.8. The zero-order chi connectivity index (χ0) is 27.9. The third-order valence-corrected chi connectivity index (χ3v) is 7.28. The predicted molar refractivity (Wildman–Crippen MR) is 149 cm³/mol. The van der Waals surface area contributed by atoms with E-state index >= 15 is 4.39 Å². The summed E-state index contributed by atoms with van der Waals surface area (Å²) in [6, 6.07) is 14.2. The number of fused-ring (bicyclic) bond motifs is 1. The number of hydrogen-bond donors (Lipinski definition) is 2. The Morgan fingerprint density at radius 1 is 1.15 bits per heavy atom. The summed E-state index contributed by atoms with van der Waals surface area (Å²) in [5.74, 6) is -0.533. The first-order chi connectivity index (χ1) is 18.5. The van der Waals surface area contributed by atoms with Crippen molar-refractivity contribution >= 4 is 33.9 Å². The van der Waals surface area contributed by atoms with E-state index in [0.717, 1.165) is 12.8 Å². The molecule has 10 heteroatoms. The van der Waals surface area contributed by atoms with E-state index in [0.29, 0.717) is 50.5 Å². The number of pyridine rings is 1. The van der Waals surface area contributed by atoms with Crippen molar-refractivity contribution in [3.05, 3.63) is 75.9 Å². The van der Waals surface area contributed by atoms with Gasteiger partial charge in [-0.3, -0.25) is 4.98 Å². The molecule has 1 fully saturated rings. The molecule has 1 saturated carbocycles. The van der Waals surface area contributed by atoms with E-state index < -0.39 is 12.0 Å². The lowest BCUT2D eigenvalue weighted by Crippen LogP contribution is -2.20. The highest BCUT2D eigenvalue weighted by molar-refractivity contribution is 6.31. The summed E-state index contributed by atoms with van der Waals surface area (Å²) in [6.45, 7) is 8.79. The number of benzene rings is 2. The van der Waals surface area contributed by atoms with Crippen LogP contribution in [0, 0.1) is 34.0 Å². The molecule has 0 saturated heterocycles. The number of nitrogens with one attached hydrogen (secondary N) is 2. The lowest BCUT2D eigenvalue weighted by atomic mass is 9.96. The molecule has 1 aliphatic rings. The molecular weight excluding hydrogens is 515 g/mol. The van der Waals surface area contributed by atoms with Gasteiger partial charge in [0.25, 0.3) is 0 Å². The zero-order valence-electron chi connectivity index (χ0n) is 22.2. The van der Waals surface area contributed by atoms with Crippen molar-refractivity contribution in [1.82, 2.24) is 20.0 Å². The third-order valence-electron chi connectivity index (χ3n) is 6.93. The second-order valence-electron chi connectivity index (χ2n) is 11.4. The summed E-state index contributed by atoms with van der Waals surface area (Å²) in [4.78, 5) is 4.41. The fraction of sp³-hybridized carbons (Fsp3) is 0.345. The number of rotatable bonds is 7. The van der Waals surface area contributed by atoms with Gasteiger partial charge in [0.2, 0.25) is 5.95 Å². The zero-order valence-corrected chi connectivity index (χ0v) is 22.9. The molecule has 2 N–H and O–H groups in total. The number of anilines is 2. The number of aromatic nitrogens is 4. The summed E-state index contributed by atoms with van der Waals surface area (Å²) in [7, 11) is 0. The molecule has 0 amide bonds. The first kappa shape index (κ1) is 26.4. The van der Waals surface area contributed by atoms with Gasteiger partial charge in [0.1, 0.15) is 23.9 Å². The first-order valence-corrected chi connectivity index (χ1v) is 13.1. The van der Waals surface area contributed by atoms with Crippen molar-refractivity contribution in [3.8, 4) is 12.1 Å². The Hall–Kier alpha value is -4.21. The Balaban J connectivity index is 1.65. The fourth-order valence-corrected chi connectivity index (χ4v) is 4.71. The van der Waals surface area contributed by atoms with Crippen LogP contribution in [0.5, 0.6) is 0 Å². The molecule has 1 aliphatic carbocycles. The summed E-state index contributed by atoms with van der Waals surface area (Å²) in [5, 5.41) is 35.9. The lowest BCUT2D eigenvalue weighted by molar-refractivity contribution is 0.371. The Labute approximate surface area is 231 Å². The standard InChI is InChI=1S/C29H28ClFN8/c1-28(2,3)16-35-24-18(14-33)15-34-23-17(13-32)11-19(12-21(23)24)36-25(20-7-5-6-8-22(20)30)26-27(31)39(38-37-26)29(4)9-10-29/h5-8,11-12,15,25,36H,9-10,16H2,1-4H3,(H,34,35). The van der Waals surface area contributed by atoms with Crippen LogP contribution in [-0.2, 0) is 5.54 Å². The first-order valence-electron chi connectivity index (χ1n) is 12.7. The summed E-state index contributed by atoms with van der Waals surface area (Å²) in [6.07, 6.45) is 3.12. The van der Waals surface area contributed by atoms with Crippen molar-refractivity contribution in [1.29, 1.82) is 10.5 Å². The molecule has 5 rings (SSSR count). The van der Waals surface area contributed by atoms with Crippen LogP contribution < -0.4 is 10.6 Å². The Bertz CT molecular complexity index is 1650. The van der Waals surface area contributed by atoms with Crippen molar-refractivity contribution in [2.75, 3.05) is 17.2 Å². The average Bonchev–Trinajstić information content (AvgIpc) is 3.53. The Morgan fingerprint density at radius 3 is 2.51 bits per heavy atom. The third kappa shape index (κ3) is 5.10. The second kappa shape index (κ2) is 9.83. The Morgan fingerprint density at radius 2 is 1.87 bits per heavy atom. The van der Waals surface area contributed by atoms with E-state index in [4.69, 9.17) is 11.6 Å². The lowest BCUT2D eigenvalue weighted by Gasteiger charge is -2.23. The normalized spacial score (nSPS) is 14.9. The van der Waals surface area contributed by atoms with Gasteiger partial charge in [-0.25, -0.2) is 4.68 Å². The molecule has 0 radical (unpaired) electrons. The van der Waals surface area contributed by atoms with Crippen molar-refractivity contribution in [2.24, 2.45) is 5.41 Å². The molecular formula is C29H28ClFN8. The van der Waals surface area contributed by atoms with Gasteiger partial charge in [-0.2, -0.15) is 14.9 Å². The average molecular weight is 543 g/mol. The van der Waals surface area contributed by atoms with Gasteiger partial charge in [-0.15, -0.1) is 5.10 Å². The number of nitrogens with zero attached hydrogens (tertiary/aromatic N) is 6. The molecule has 1 unspecified atom stereocenters. The smallest absolute Gasteiger partial charge is 0.237 e. The van der Waals surface area contributed by atoms with Crippen LogP contribution in [0.25, 0.3) is 10.9 Å². The number of halogens is 2. The van der Waals surface area contributed by atoms with E-state index in [1.165, 1.54) is 10.9 Å². The highest BCUT2D eigenvalue weighted by atomic mass is 35.5. The molecule has 39 heavy (non-hydrogen) atoms. The molecule has 2 aromatic heterocycles. The highest BCUT2D eigenvalue weighted by Gasteiger charge is 2.44. The Kier molecular flexibility index (Phi) is 6.65. The summed E-state index contributed by atoms with van der Waals surface area (Å²) >= 11 is 6.57. The number of hydrogen-bond acceptors (Lipinski definition) is 7. The molecule has 8 nitrogen and oxygen atoms in total. The van der Waals surface area contributed by atoms with Gasteiger partial charge in [0.05, 0.1) is 27.9 Å². The van der Waals surface area contributed by atoms with E-state index in [1.54, 1.807) is 24.3 Å². The largest absolute Gasteiger partial charge is 0.383 e. The van der Waals surface area contributed by atoms with Crippen LogP contribution in [0.2, 0.25) is 5.02 Å². The van der Waals surface area contributed by atoms with E-state index in [-0.39, 0.29) is 16.6 Å². The van der Waals surface area contributed by atoms with Gasteiger partial charge in [0, 0.05) is 28.8 Å². The van der Waals surface area contributed by atoms with Crippen LogP contribution in [0.4, 0.5) is 15.8 Å². The maximum Gasteiger partial charge on any atom is 0.237 e. The quantitative estimate of drug-likeness (QED) is 0.273. The van der Waals surface area contributed by atoms with E-state index in [9.17, 15) is 10.5 Å². The van der Waals surface area contributed by atoms with Crippen molar-refractivity contribution in [2.45, 2.75) is 52.1 Å². The molecule has 0 bridgehead atoms. The van der Waals surface area contributed by atoms with Crippen LogP contribution in [0.3, 0.4) is 0 Å². The van der Waals surface area contributed by atoms with Crippen LogP contribution >= 0.6 is 11.6 Å². The molecule has 0 spiro atoms. The maximum atomic E-state index is 15.8. The van der Waals surface area contributed by atoms with Gasteiger partial charge in [-0.05, 0) is 48.9 Å². The summed E-state index contributed by atoms with van der Waals surface area (Å²) in [5.41, 5.74) is 2.51. The molecule has 4 aromatic rings. The van der Waals surface area contributed by atoms with Gasteiger partial charge in [-0.1, -0.05) is 55.8 Å². The van der Waals surface area contributed by atoms with Crippen LogP contribution in [-0.4, -0.2) is 26.5 Å². The summed E-state index contributed by atoms with van der Waals surface area (Å²) < 4.78 is 17.1. The van der Waals surface area contributed by atoms with Crippen molar-refractivity contribution in [3.63, 3.8) is 0 Å². The van der Waals surface area contributed by atoms with E-state index in [2.05, 4.69) is 58.8 Å². The van der Waals surface area contributed by atoms with Gasteiger partial charge >= 0.3 is 0 Å². The molecule has 198 valence electrons. The van der Waals surface area contributed by atoms with Crippen LogP contribution in [0.15, 0.2) is 42.6 Å². The molecule has 2 aromatic carbocycles. The SMILES string of the molecule is CC(C)(C)CNc1c(C#N)cnc2c(C#N)cc(NC(c3ccccc3Cl)c3nnn(C4(C)CC4)c3F)cc12. The molecule has 2 heterocycles. The highest BCUT2D eigenvalue weighted by Crippen LogP contribution is 2.44. The minimum Gasteiger partial charge on any atom is -0.383 e. The van der Waals surface area contributed by atoms with Crippen molar-refractivity contribution < 1.29 is 4.39 Å². The minimum atomic E-state index is -0.795. The monoisotopic (exact) mass is 542 g/mol. The van der Waals surface area contributed by atoms with E-state index in [1.807, 2.05) is 19.1 Å². The predicted octanol–water partition coefficient (Wildman–Crippen LogP) is 6.53. The van der Waals surface area contributed by atoms with Gasteiger partial charge in [0.15, 0.2) is 0 Å².